The minimum Gasteiger partial charge on any atom is -0.323 e. The minimum atomic E-state index is -1.21. The summed E-state index contributed by atoms with van der Waals surface area (Å²) in [4.78, 5) is 34.5. The van der Waals surface area contributed by atoms with Gasteiger partial charge in [-0.3, -0.25) is 19.7 Å². The Kier molecular flexibility index (Phi) is 3.28. The van der Waals surface area contributed by atoms with E-state index in [4.69, 9.17) is 0 Å². The van der Waals surface area contributed by atoms with E-state index in [-0.39, 0.29) is 5.69 Å². The van der Waals surface area contributed by atoms with Crippen LogP contribution in [0, 0.1) is 23.5 Å². The van der Waals surface area contributed by atoms with Crippen molar-refractivity contribution in [2.24, 2.45) is 11.8 Å². The summed E-state index contributed by atoms with van der Waals surface area (Å²) in [6.07, 6.45) is 0. The van der Waals surface area contributed by atoms with Gasteiger partial charge in [-0.25, -0.2) is 8.78 Å². The summed E-state index contributed by atoms with van der Waals surface area (Å²) in [6, 6.07) is 2.63. The highest BCUT2D eigenvalue weighted by atomic mass is 19.1. The summed E-state index contributed by atoms with van der Waals surface area (Å²) in [6.45, 7) is 1.42. The van der Waals surface area contributed by atoms with Gasteiger partial charge in [0.05, 0.1) is 11.6 Å². The van der Waals surface area contributed by atoms with Gasteiger partial charge < -0.3 is 5.32 Å². The molecule has 1 aliphatic rings. The molecule has 5 nitrogen and oxygen atoms in total. The van der Waals surface area contributed by atoms with E-state index < -0.39 is 41.2 Å². The zero-order chi connectivity index (χ0) is 14.2. The third-order valence-electron chi connectivity index (χ3n) is 2.91. The minimum absolute atomic E-state index is 0.245. The second kappa shape index (κ2) is 4.75. The molecule has 1 aliphatic heterocycles. The fraction of sp³-hybridized carbons (Fsp3) is 0.250. The molecule has 19 heavy (non-hydrogen) atoms. The number of hydrogen-bond donors (Lipinski definition) is 2. The van der Waals surface area contributed by atoms with Crippen LogP contribution < -0.4 is 10.6 Å². The van der Waals surface area contributed by atoms with Crippen LogP contribution in [0.25, 0.3) is 0 Å². The van der Waals surface area contributed by atoms with Crippen LogP contribution in [0.5, 0.6) is 0 Å². The quantitative estimate of drug-likeness (QED) is 0.615. The van der Waals surface area contributed by atoms with Crippen molar-refractivity contribution < 1.29 is 23.2 Å². The molecule has 3 amide bonds. The Bertz CT molecular complexity index is 574. The van der Waals surface area contributed by atoms with Crippen LogP contribution in [0.1, 0.15) is 6.92 Å². The molecule has 2 unspecified atom stereocenters. The van der Waals surface area contributed by atoms with Crippen LogP contribution in [0.4, 0.5) is 14.5 Å². The van der Waals surface area contributed by atoms with Crippen LogP contribution in [0.2, 0.25) is 0 Å². The molecule has 100 valence electrons. The van der Waals surface area contributed by atoms with Gasteiger partial charge in [-0.05, 0) is 12.1 Å². The molecule has 1 saturated heterocycles. The van der Waals surface area contributed by atoms with Crippen LogP contribution in [0.15, 0.2) is 18.2 Å². The maximum absolute atomic E-state index is 13.3. The van der Waals surface area contributed by atoms with E-state index >= 15 is 0 Å². The van der Waals surface area contributed by atoms with Gasteiger partial charge in [0.15, 0.2) is 0 Å². The molecule has 1 aromatic rings. The topological polar surface area (TPSA) is 75.3 Å². The Hall–Kier alpha value is -2.31. The van der Waals surface area contributed by atoms with Gasteiger partial charge in [0.2, 0.25) is 17.7 Å². The predicted molar refractivity (Wildman–Crippen MR) is 60.8 cm³/mol. The maximum atomic E-state index is 13.3. The molecule has 0 saturated carbocycles. The first-order valence-electron chi connectivity index (χ1n) is 5.51. The van der Waals surface area contributed by atoms with Gasteiger partial charge >= 0.3 is 0 Å². The Morgan fingerprint density at radius 3 is 2.47 bits per heavy atom. The predicted octanol–water partition coefficient (Wildman–Crippen LogP) is 0.812. The molecule has 1 aromatic carbocycles. The van der Waals surface area contributed by atoms with Crippen molar-refractivity contribution in [3.63, 3.8) is 0 Å². The molecule has 1 fully saturated rings. The molecule has 0 bridgehead atoms. The van der Waals surface area contributed by atoms with E-state index in [0.717, 1.165) is 12.1 Å². The molecule has 2 N–H and O–H groups in total. The summed E-state index contributed by atoms with van der Waals surface area (Å²) in [5.41, 5.74) is -0.245. The average Bonchev–Trinajstić information content (AvgIpc) is 2.57. The Morgan fingerprint density at radius 1 is 1.26 bits per heavy atom. The molecule has 1 heterocycles. The number of nitrogens with one attached hydrogen (secondary N) is 2. The van der Waals surface area contributed by atoms with E-state index in [1.807, 2.05) is 5.32 Å². The number of carbonyl (C=O) groups is 3. The molecule has 7 heteroatoms. The third-order valence-corrected chi connectivity index (χ3v) is 2.91. The van der Waals surface area contributed by atoms with Crippen molar-refractivity contribution in [3.8, 4) is 0 Å². The molecular formula is C12H10F2N2O3. The lowest BCUT2D eigenvalue weighted by Crippen LogP contribution is -2.32. The fourth-order valence-electron chi connectivity index (χ4n) is 1.84. The van der Waals surface area contributed by atoms with Gasteiger partial charge in [0, 0.05) is 6.07 Å². The number of benzene rings is 1. The van der Waals surface area contributed by atoms with Crippen LogP contribution in [-0.4, -0.2) is 17.7 Å². The molecule has 0 aliphatic carbocycles. The smallest absolute Gasteiger partial charge is 0.239 e. The van der Waals surface area contributed by atoms with Crippen molar-refractivity contribution in [3.05, 3.63) is 29.8 Å². The molecule has 0 radical (unpaired) electrons. The van der Waals surface area contributed by atoms with Crippen molar-refractivity contribution in [1.82, 2.24) is 5.32 Å². The monoisotopic (exact) mass is 268 g/mol. The number of halogens is 2. The first kappa shape index (κ1) is 13.1. The van der Waals surface area contributed by atoms with Gasteiger partial charge in [0.25, 0.3) is 0 Å². The largest absolute Gasteiger partial charge is 0.323 e. The van der Waals surface area contributed by atoms with Gasteiger partial charge in [0.1, 0.15) is 17.6 Å². The normalized spacial score (nSPS) is 22.3. The van der Waals surface area contributed by atoms with Crippen LogP contribution in [0.3, 0.4) is 0 Å². The van der Waals surface area contributed by atoms with Crippen molar-refractivity contribution in [2.45, 2.75) is 6.92 Å². The Labute approximate surface area is 107 Å². The van der Waals surface area contributed by atoms with E-state index in [1.165, 1.54) is 6.92 Å². The lowest BCUT2D eigenvalue weighted by molar-refractivity contribution is -0.131. The van der Waals surface area contributed by atoms with Gasteiger partial charge in [-0.1, -0.05) is 6.92 Å². The lowest BCUT2D eigenvalue weighted by atomic mass is 9.96. The molecule has 0 aromatic heterocycles. The van der Waals surface area contributed by atoms with Crippen molar-refractivity contribution in [1.29, 1.82) is 0 Å². The molecule has 2 rings (SSSR count). The number of anilines is 1. The van der Waals surface area contributed by atoms with Crippen molar-refractivity contribution in [2.75, 3.05) is 5.32 Å². The van der Waals surface area contributed by atoms with E-state index in [0.29, 0.717) is 6.07 Å². The standard InChI is InChI=1S/C12H10F2N2O3/c1-5-9(12(19)16-10(5)17)11(18)15-8-3-2-6(13)4-7(8)14/h2-5,9H,1H3,(H,15,18)(H,16,17,19). The number of rotatable bonds is 2. The second-order valence-electron chi connectivity index (χ2n) is 4.23. The summed E-state index contributed by atoms with van der Waals surface area (Å²) < 4.78 is 26.0. The highest BCUT2D eigenvalue weighted by molar-refractivity contribution is 6.17. The number of imide groups is 1. The second-order valence-corrected chi connectivity index (χ2v) is 4.23. The van der Waals surface area contributed by atoms with Crippen molar-refractivity contribution >= 4 is 23.4 Å². The first-order valence-corrected chi connectivity index (χ1v) is 5.51. The maximum Gasteiger partial charge on any atom is 0.239 e. The molecular weight excluding hydrogens is 258 g/mol. The molecule has 2 atom stereocenters. The summed E-state index contributed by atoms with van der Waals surface area (Å²) >= 11 is 0. The number of carbonyl (C=O) groups excluding carboxylic acids is 3. The number of hydrogen-bond acceptors (Lipinski definition) is 3. The van der Waals surface area contributed by atoms with Crippen LogP contribution in [-0.2, 0) is 14.4 Å². The average molecular weight is 268 g/mol. The zero-order valence-electron chi connectivity index (χ0n) is 9.87. The van der Waals surface area contributed by atoms with E-state index in [9.17, 15) is 23.2 Å². The first-order chi connectivity index (χ1) is 8.90. The van der Waals surface area contributed by atoms with E-state index in [1.54, 1.807) is 0 Å². The van der Waals surface area contributed by atoms with Gasteiger partial charge in [-0.2, -0.15) is 0 Å². The Morgan fingerprint density at radius 2 is 1.95 bits per heavy atom. The summed E-state index contributed by atoms with van der Waals surface area (Å²) in [5.74, 6) is -5.85. The summed E-state index contributed by atoms with van der Waals surface area (Å²) in [5, 5.41) is 4.18. The highest BCUT2D eigenvalue weighted by Gasteiger charge is 2.43. The fourth-order valence-corrected chi connectivity index (χ4v) is 1.84. The van der Waals surface area contributed by atoms with Gasteiger partial charge in [-0.15, -0.1) is 0 Å². The highest BCUT2D eigenvalue weighted by Crippen LogP contribution is 2.22. The Balaban J connectivity index is 2.17. The van der Waals surface area contributed by atoms with E-state index in [2.05, 4.69) is 5.32 Å². The molecule has 0 spiro atoms. The van der Waals surface area contributed by atoms with Crippen LogP contribution >= 0.6 is 0 Å². The SMILES string of the molecule is CC1C(=O)NC(=O)C1C(=O)Nc1ccc(F)cc1F. The lowest BCUT2D eigenvalue weighted by Gasteiger charge is -2.12. The summed E-state index contributed by atoms with van der Waals surface area (Å²) in [7, 11) is 0. The number of amides is 3. The zero-order valence-corrected chi connectivity index (χ0v) is 9.87. The third kappa shape index (κ3) is 2.44.